The molecule has 0 unspecified atom stereocenters. The lowest BCUT2D eigenvalue weighted by Gasteiger charge is -2.38. The molecule has 0 N–H and O–H groups in total. The highest BCUT2D eigenvalue weighted by atomic mass is 19.1. The molecule has 1 aliphatic heterocycles. The van der Waals surface area contributed by atoms with Crippen molar-refractivity contribution in [1.82, 2.24) is 0 Å². The van der Waals surface area contributed by atoms with Gasteiger partial charge in [0.15, 0.2) is 0 Å². The lowest BCUT2D eigenvalue weighted by atomic mass is 9.85. The second-order valence-corrected chi connectivity index (χ2v) is 2.48. The van der Waals surface area contributed by atoms with Crippen LogP contribution in [0.1, 0.15) is 27.2 Å². The van der Waals surface area contributed by atoms with E-state index in [1.807, 2.05) is 20.8 Å². The van der Waals surface area contributed by atoms with Crippen LogP contribution in [0.2, 0.25) is 0 Å². The van der Waals surface area contributed by atoms with Crippen LogP contribution in [0.5, 0.6) is 0 Å². The second kappa shape index (κ2) is 4.67. The van der Waals surface area contributed by atoms with Crippen LogP contribution in [0.15, 0.2) is 0 Å². The molecule has 0 radical (unpaired) electrons. The Bertz CT molecular complexity index is 65.8. The molecular formula is C8H17FO. The molecule has 0 spiro atoms. The predicted octanol–water partition coefficient (Wildman–Crippen LogP) is 2.41. The predicted molar refractivity (Wildman–Crippen MR) is 40.9 cm³/mol. The molecule has 1 heterocycles. The monoisotopic (exact) mass is 148 g/mol. The largest absolute Gasteiger partial charge is 0.380 e. The van der Waals surface area contributed by atoms with Gasteiger partial charge in [0.1, 0.15) is 0 Å². The Kier molecular flexibility index (Phi) is 4.62. The fourth-order valence-corrected chi connectivity index (χ4v) is 0.767. The fourth-order valence-electron chi connectivity index (χ4n) is 0.767. The molecule has 0 aromatic carbocycles. The Morgan fingerprint density at radius 3 is 1.90 bits per heavy atom. The van der Waals surface area contributed by atoms with Crippen LogP contribution in [-0.2, 0) is 4.74 Å². The van der Waals surface area contributed by atoms with Crippen molar-refractivity contribution >= 4 is 0 Å². The van der Waals surface area contributed by atoms with Gasteiger partial charge < -0.3 is 4.74 Å². The van der Waals surface area contributed by atoms with E-state index in [4.69, 9.17) is 4.74 Å². The Labute approximate surface area is 62.6 Å². The Hall–Kier alpha value is -0.110. The van der Waals surface area contributed by atoms with E-state index in [-0.39, 0.29) is 12.1 Å². The topological polar surface area (TPSA) is 9.23 Å². The van der Waals surface area contributed by atoms with Crippen LogP contribution < -0.4 is 0 Å². The molecule has 1 aliphatic rings. The molecular weight excluding hydrogens is 131 g/mol. The van der Waals surface area contributed by atoms with Crippen LogP contribution in [0.3, 0.4) is 0 Å². The minimum Gasteiger partial charge on any atom is -0.380 e. The molecule has 62 valence electrons. The number of ether oxygens (including phenoxy) is 1. The Morgan fingerprint density at radius 2 is 1.90 bits per heavy atom. The van der Waals surface area contributed by atoms with Gasteiger partial charge in [0.2, 0.25) is 0 Å². The van der Waals surface area contributed by atoms with Gasteiger partial charge in [-0.25, -0.2) is 0 Å². The van der Waals surface area contributed by atoms with Crippen molar-refractivity contribution in [3.63, 3.8) is 0 Å². The quantitative estimate of drug-likeness (QED) is 0.584. The fraction of sp³-hybridized carbons (Fsp3) is 1.00. The first-order valence-electron chi connectivity index (χ1n) is 3.97. The summed E-state index contributed by atoms with van der Waals surface area (Å²) in [6.45, 7) is 7.03. The van der Waals surface area contributed by atoms with Crippen molar-refractivity contribution < 1.29 is 9.13 Å². The Balaban J connectivity index is 0.000000371. The molecule has 0 saturated carbocycles. The van der Waals surface area contributed by atoms with Gasteiger partial charge in [0.05, 0.1) is 19.9 Å². The molecule has 2 heteroatoms. The van der Waals surface area contributed by atoms with Crippen molar-refractivity contribution in [3.8, 4) is 0 Å². The summed E-state index contributed by atoms with van der Waals surface area (Å²) in [4.78, 5) is 0. The maximum absolute atomic E-state index is 12.0. The van der Waals surface area contributed by atoms with Gasteiger partial charge in [-0.15, -0.1) is 0 Å². The van der Waals surface area contributed by atoms with Crippen LogP contribution in [0.4, 0.5) is 4.39 Å². The van der Waals surface area contributed by atoms with Crippen molar-refractivity contribution in [2.75, 3.05) is 19.9 Å². The zero-order valence-corrected chi connectivity index (χ0v) is 7.11. The van der Waals surface area contributed by atoms with Gasteiger partial charge >= 0.3 is 0 Å². The summed E-state index contributed by atoms with van der Waals surface area (Å²) in [6, 6.07) is 0. The highest BCUT2D eigenvalue weighted by Gasteiger charge is 2.36. The normalized spacial score (nSPS) is 20.4. The number of hydrogen-bond donors (Lipinski definition) is 0. The molecule has 1 saturated heterocycles. The summed E-state index contributed by atoms with van der Waals surface area (Å²) in [6.07, 6.45) is 0.906. The van der Waals surface area contributed by atoms with Gasteiger partial charge in [0, 0.05) is 5.41 Å². The number of alkyl halides is 1. The second-order valence-electron chi connectivity index (χ2n) is 2.48. The lowest BCUT2D eigenvalue weighted by molar-refractivity contribution is -0.125. The van der Waals surface area contributed by atoms with E-state index in [1.54, 1.807) is 0 Å². The lowest BCUT2D eigenvalue weighted by Crippen LogP contribution is -2.43. The van der Waals surface area contributed by atoms with Crippen molar-refractivity contribution in [3.05, 3.63) is 0 Å². The van der Waals surface area contributed by atoms with E-state index in [1.165, 1.54) is 0 Å². The van der Waals surface area contributed by atoms with Crippen LogP contribution in [0.25, 0.3) is 0 Å². The Morgan fingerprint density at radius 1 is 1.40 bits per heavy atom. The van der Waals surface area contributed by atoms with E-state index >= 15 is 0 Å². The van der Waals surface area contributed by atoms with Crippen LogP contribution in [0, 0.1) is 5.41 Å². The molecule has 1 fully saturated rings. The summed E-state index contributed by atoms with van der Waals surface area (Å²) < 4.78 is 16.9. The van der Waals surface area contributed by atoms with E-state index in [0.717, 1.165) is 6.42 Å². The molecule has 0 aromatic heterocycles. The third-order valence-electron chi connectivity index (χ3n) is 1.85. The number of rotatable bonds is 2. The van der Waals surface area contributed by atoms with Gasteiger partial charge in [0.25, 0.3) is 0 Å². The SMILES string of the molecule is CC.CCC1(CF)COC1. The summed E-state index contributed by atoms with van der Waals surface area (Å²) >= 11 is 0. The molecule has 1 nitrogen and oxygen atoms in total. The number of halogens is 1. The number of hydrogen-bond acceptors (Lipinski definition) is 1. The standard InChI is InChI=1S/C6H11FO.C2H6/c1-2-6(3-7)4-8-5-6;1-2/h2-5H2,1H3;1-2H3. The van der Waals surface area contributed by atoms with Gasteiger partial charge in [-0.2, -0.15) is 0 Å². The maximum atomic E-state index is 12.0. The molecule has 0 bridgehead atoms. The minimum atomic E-state index is -0.219. The molecule has 1 rings (SSSR count). The molecule has 0 atom stereocenters. The van der Waals surface area contributed by atoms with Crippen molar-refractivity contribution in [2.45, 2.75) is 27.2 Å². The van der Waals surface area contributed by atoms with E-state index in [9.17, 15) is 4.39 Å². The molecule has 0 amide bonds. The third-order valence-corrected chi connectivity index (χ3v) is 1.85. The van der Waals surface area contributed by atoms with E-state index in [2.05, 4.69) is 0 Å². The van der Waals surface area contributed by atoms with Crippen LogP contribution >= 0.6 is 0 Å². The average molecular weight is 148 g/mol. The average Bonchev–Trinajstić information content (AvgIpc) is 1.93. The molecule has 0 aliphatic carbocycles. The van der Waals surface area contributed by atoms with E-state index in [0.29, 0.717) is 13.2 Å². The van der Waals surface area contributed by atoms with Crippen LogP contribution in [-0.4, -0.2) is 19.9 Å². The van der Waals surface area contributed by atoms with Gasteiger partial charge in [-0.1, -0.05) is 20.8 Å². The minimum absolute atomic E-state index is 0.0833. The first-order valence-corrected chi connectivity index (χ1v) is 3.97. The van der Waals surface area contributed by atoms with E-state index < -0.39 is 0 Å². The molecule has 0 aromatic rings. The van der Waals surface area contributed by atoms with Gasteiger partial charge in [-0.05, 0) is 6.42 Å². The zero-order valence-electron chi connectivity index (χ0n) is 7.11. The van der Waals surface area contributed by atoms with Crippen molar-refractivity contribution in [2.24, 2.45) is 5.41 Å². The first-order chi connectivity index (χ1) is 4.83. The summed E-state index contributed by atoms with van der Waals surface area (Å²) in [5, 5.41) is 0. The summed E-state index contributed by atoms with van der Waals surface area (Å²) in [5.74, 6) is 0. The third kappa shape index (κ3) is 1.94. The smallest absolute Gasteiger partial charge is 0.0994 e. The summed E-state index contributed by atoms with van der Waals surface area (Å²) in [5.41, 5.74) is -0.0833. The highest BCUT2D eigenvalue weighted by molar-refractivity contribution is 4.83. The van der Waals surface area contributed by atoms with Crippen molar-refractivity contribution in [1.29, 1.82) is 0 Å². The zero-order chi connectivity index (χ0) is 8.04. The molecule has 10 heavy (non-hydrogen) atoms. The highest BCUT2D eigenvalue weighted by Crippen LogP contribution is 2.30. The summed E-state index contributed by atoms with van der Waals surface area (Å²) in [7, 11) is 0. The first kappa shape index (κ1) is 9.89. The van der Waals surface area contributed by atoms with Gasteiger partial charge in [-0.3, -0.25) is 4.39 Å². The maximum Gasteiger partial charge on any atom is 0.0994 e.